The minimum absolute atomic E-state index is 0.520. The highest BCUT2D eigenvalue weighted by Crippen LogP contribution is 2.20. The zero-order valence-electron chi connectivity index (χ0n) is 13.7. The molecule has 0 amide bonds. The van der Waals surface area contributed by atoms with E-state index in [1.807, 2.05) is 40.9 Å². The molecule has 0 radical (unpaired) electrons. The molecule has 1 aromatic carbocycles. The van der Waals surface area contributed by atoms with E-state index in [1.54, 1.807) is 13.1 Å². The molecule has 0 aliphatic rings. The molecule has 2 aromatic heterocycles. The zero-order chi connectivity index (χ0) is 17.6. The van der Waals surface area contributed by atoms with Gasteiger partial charge in [0, 0.05) is 29.8 Å². The van der Waals surface area contributed by atoms with Crippen molar-refractivity contribution in [3.8, 4) is 0 Å². The van der Waals surface area contributed by atoms with E-state index in [-0.39, 0.29) is 0 Å². The van der Waals surface area contributed by atoms with Crippen LogP contribution in [0.2, 0.25) is 10.0 Å². The van der Waals surface area contributed by atoms with Gasteiger partial charge in [0.15, 0.2) is 17.4 Å². The predicted octanol–water partition coefficient (Wildman–Crippen LogP) is 2.94. The second kappa shape index (κ2) is 8.18. The SMILES string of the molecule is CN=C(NCCc1ccc(Cl)cc1Cl)NCc1nnc2ccccn12. The lowest BCUT2D eigenvalue weighted by Gasteiger charge is -2.12. The molecule has 0 spiro atoms. The molecule has 130 valence electrons. The van der Waals surface area contributed by atoms with Crippen molar-refractivity contribution in [3.63, 3.8) is 0 Å². The van der Waals surface area contributed by atoms with Gasteiger partial charge in [0.2, 0.25) is 0 Å². The minimum atomic E-state index is 0.520. The molecule has 0 atom stereocenters. The van der Waals surface area contributed by atoms with Crippen molar-refractivity contribution in [3.05, 3.63) is 64.0 Å². The largest absolute Gasteiger partial charge is 0.356 e. The monoisotopic (exact) mass is 376 g/mol. The van der Waals surface area contributed by atoms with E-state index in [4.69, 9.17) is 23.2 Å². The first-order valence-electron chi connectivity index (χ1n) is 7.84. The topological polar surface area (TPSA) is 66.6 Å². The van der Waals surface area contributed by atoms with E-state index in [9.17, 15) is 0 Å². The van der Waals surface area contributed by atoms with E-state index in [2.05, 4.69) is 25.8 Å². The van der Waals surface area contributed by atoms with Gasteiger partial charge in [-0.25, -0.2) is 0 Å². The highest BCUT2D eigenvalue weighted by molar-refractivity contribution is 6.35. The van der Waals surface area contributed by atoms with Gasteiger partial charge in [0.1, 0.15) is 0 Å². The van der Waals surface area contributed by atoms with Crippen molar-refractivity contribution in [2.75, 3.05) is 13.6 Å². The maximum atomic E-state index is 6.19. The zero-order valence-corrected chi connectivity index (χ0v) is 15.2. The average molecular weight is 377 g/mol. The number of benzene rings is 1. The van der Waals surface area contributed by atoms with Gasteiger partial charge in [-0.15, -0.1) is 10.2 Å². The minimum Gasteiger partial charge on any atom is -0.356 e. The number of nitrogens with zero attached hydrogens (tertiary/aromatic N) is 4. The summed E-state index contributed by atoms with van der Waals surface area (Å²) < 4.78 is 1.94. The number of rotatable bonds is 5. The Morgan fingerprint density at radius 1 is 1.16 bits per heavy atom. The van der Waals surface area contributed by atoms with Crippen LogP contribution >= 0.6 is 23.2 Å². The second-order valence-electron chi connectivity index (χ2n) is 5.38. The highest BCUT2D eigenvalue weighted by Gasteiger charge is 2.06. The molecule has 2 N–H and O–H groups in total. The first-order valence-corrected chi connectivity index (χ1v) is 8.60. The number of halogens is 2. The lowest BCUT2D eigenvalue weighted by atomic mass is 10.1. The molecule has 0 fully saturated rings. The Hall–Kier alpha value is -2.31. The summed E-state index contributed by atoms with van der Waals surface area (Å²) in [5, 5.41) is 16.1. The fraction of sp³-hybridized carbons (Fsp3) is 0.235. The quantitative estimate of drug-likeness (QED) is 0.530. The summed E-state index contributed by atoms with van der Waals surface area (Å²) in [7, 11) is 1.73. The van der Waals surface area contributed by atoms with Crippen LogP contribution in [-0.4, -0.2) is 34.2 Å². The average Bonchev–Trinajstić information content (AvgIpc) is 3.03. The predicted molar refractivity (Wildman–Crippen MR) is 101 cm³/mol. The van der Waals surface area contributed by atoms with E-state index >= 15 is 0 Å². The third-order valence-corrected chi connectivity index (χ3v) is 4.31. The summed E-state index contributed by atoms with van der Waals surface area (Å²) in [6.45, 7) is 1.22. The number of hydrogen-bond donors (Lipinski definition) is 2. The van der Waals surface area contributed by atoms with Crippen LogP contribution in [-0.2, 0) is 13.0 Å². The number of hydrogen-bond acceptors (Lipinski definition) is 3. The number of aromatic nitrogens is 3. The Morgan fingerprint density at radius 2 is 2.04 bits per heavy atom. The van der Waals surface area contributed by atoms with E-state index in [0.717, 1.165) is 23.5 Å². The van der Waals surface area contributed by atoms with Crippen LogP contribution in [0.1, 0.15) is 11.4 Å². The molecule has 0 saturated carbocycles. The lowest BCUT2D eigenvalue weighted by molar-refractivity contribution is 0.757. The van der Waals surface area contributed by atoms with Gasteiger partial charge in [-0.05, 0) is 36.2 Å². The van der Waals surface area contributed by atoms with Crippen LogP contribution in [0.3, 0.4) is 0 Å². The van der Waals surface area contributed by atoms with Crippen LogP contribution < -0.4 is 10.6 Å². The maximum absolute atomic E-state index is 6.19. The molecule has 0 saturated heterocycles. The molecule has 3 rings (SSSR count). The molecule has 0 bridgehead atoms. The van der Waals surface area contributed by atoms with Crippen molar-refractivity contribution in [1.29, 1.82) is 0 Å². The first kappa shape index (κ1) is 17.5. The van der Waals surface area contributed by atoms with Crippen molar-refractivity contribution >= 4 is 34.8 Å². The smallest absolute Gasteiger partial charge is 0.191 e. The van der Waals surface area contributed by atoms with Crippen LogP contribution in [0.4, 0.5) is 0 Å². The van der Waals surface area contributed by atoms with Gasteiger partial charge < -0.3 is 10.6 Å². The highest BCUT2D eigenvalue weighted by atomic mass is 35.5. The molecule has 6 nitrogen and oxygen atoms in total. The third-order valence-electron chi connectivity index (χ3n) is 3.72. The standard InChI is InChI=1S/C17H18Cl2N6/c1-20-17(21-8-7-12-5-6-13(18)10-14(12)19)22-11-16-24-23-15-4-2-3-9-25(15)16/h2-6,9-10H,7-8,11H2,1H3,(H2,20,21,22). The third kappa shape index (κ3) is 4.41. The molecule has 25 heavy (non-hydrogen) atoms. The van der Waals surface area contributed by atoms with Crippen molar-refractivity contribution in [2.24, 2.45) is 4.99 Å². The van der Waals surface area contributed by atoms with Gasteiger partial charge in [0.25, 0.3) is 0 Å². The van der Waals surface area contributed by atoms with Gasteiger partial charge >= 0.3 is 0 Å². The van der Waals surface area contributed by atoms with Crippen molar-refractivity contribution < 1.29 is 0 Å². The van der Waals surface area contributed by atoms with Crippen LogP contribution in [0.25, 0.3) is 5.65 Å². The maximum Gasteiger partial charge on any atom is 0.191 e. The van der Waals surface area contributed by atoms with Gasteiger partial charge in [-0.3, -0.25) is 9.39 Å². The first-order chi connectivity index (χ1) is 12.2. The molecular formula is C17H18Cl2N6. The van der Waals surface area contributed by atoms with E-state index in [0.29, 0.717) is 29.1 Å². The molecule has 0 aliphatic carbocycles. The molecule has 2 heterocycles. The number of aliphatic imine (C=N–C) groups is 1. The number of pyridine rings is 1. The summed E-state index contributed by atoms with van der Waals surface area (Å²) in [5.41, 5.74) is 1.86. The molecule has 0 unspecified atom stereocenters. The number of fused-ring (bicyclic) bond motifs is 1. The summed E-state index contributed by atoms with van der Waals surface area (Å²) in [6.07, 6.45) is 2.70. The Morgan fingerprint density at radius 3 is 2.84 bits per heavy atom. The Balaban J connectivity index is 1.53. The fourth-order valence-electron chi connectivity index (χ4n) is 2.43. The van der Waals surface area contributed by atoms with E-state index < -0.39 is 0 Å². The molecule has 0 aliphatic heterocycles. The van der Waals surface area contributed by atoms with Crippen molar-refractivity contribution in [1.82, 2.24) is 25.2 Å². The lowest BCUT2D eigenvalue weighted by Crippen LogP contribution is -2.38. The van der Waals surface area contributed by atoms with Crippen molar-refractivity contribution in [2.45, 2.75) is 13.0 Å². The molecular weight excluding hydrogens is 359 g/mol. The Kier molecular flexibility index (Phi) is 5.73. The van der Waals surface area contributed by atoms with Crippen LogP contribution in [0.15, 0.2) is 47.6 Å². The number of guanidine groups is 1. The van der Waals surface area contributed by atoms with Gasteiger partial charge in [0.05, 0.1) is 6.54 Å². The Bertz CT molecular complexity index is 890. The molecule has 3 aromatic rings. The van der Waals surface area contributed by atoms with E-state index in [1.165, 1.54) is 0 Å². The van der Waals surface area contributed by atoms with Crippen LogP contribution in [0.5, 0.6) is 0 Å². The fourth-order valence-corrected chi connectivity index (χ4v) is 2.94. The van der Waals surface area contributed by atoms with Crippen LogP contribution in [0, 0.1) is 0 Å². The number of nitrogens with one attached hydrogen (secondary N) is 2. The molecule has 8 heteroatoms. The summed E-state index contributed by atoms with van der Waals surface area (Å²) >= 11 is 12.1. The van der Waals surface area contributed by atoms with Gasteiger partial charge in [-0.1, -0.05) is 35.3 Å². The van der Waals surface area contributed by atoms with Gasteiger partial charge in [-0.2, -0.15) is 0 Å². The summed E-state index contributed by atoms with van der Waals surface area (Å²) in [6, 6.07) is 11.3. The second-order valence-corrected chi connectivity index (χ2v) is 6.23. The summed E-state index contributed by atoms with van der Waals surface area (Å²) in [5.74, 6) is 1.51. The Labute approximate surface area is 155 Å². The normalized spacial score (nSPS) is 11.7. The summed E-state index contributed by atoms with van der Waals surface area (Å²) in [4.78, 5) is 4.22.